The highest BCUT2D eigenvalue weighted by Gasteiger charge is 2.51. The topological polar surface area (TPSA) is 64.6 Å². The second kappa shape index (κ2) is 9.14. The van der Waals surface area contributed by atoms with E-state index in [1.807, 2.05) is 84.9 Å². The van der Waals surface area contributed by atoms with Gasteiger partial charge in [-0.2, -0.15) is 0 Å². The molecule has 158 valence electrons. The van der Waals surface area contributed by atoms with Gasteiger partial charge in [0.05, 0.1) is 20.1 Å². The lowest BCUT2D eigenvalue weighted by Crippen LogP contribution is -2.36. The summed E-state index contributed by atoms with van der Waals surface area (Å²) in [6, 6.07) is 25.5. The first kappa shape index (κ1) is 20.8. The summed E-state index contributed by atoms with van der Waals surface area (Å²) in [5, 5.41) is 3.41. The summed E-state index contributed by atoms with van der Waals surface area (Å²) in [6.07, 6.45) is 0. The van der Waals surface area contributed by atoms with Crippen LogP contribution in [0.15, 0.2) is 84.9 Å². The maximum Gasteiger partial charge on any atom is 0.323 e. The number of hydrogen-bond acceptors (Lipinski definition) is 5. The third-order valence-electron chi connectivity index (χ3n) is 5.94. The zero-order valence-corrected chi connectivity index (χ0v) is 17.5. The van der Waals surface area contributed by atoms with Gasteiger partial charge in [-0.3, -0.25) is 14.9 Å². The largest absolute Gasteiger partial charge is 0.497 e. The first-order valence-corrected chi connectivity index (χ1v) is 10.3. The van der Waals surface area contributed by atoms with Gasteiger partial charge in [0.1, 0.15) is 11.8 Å². The van der Waals surface area contributed by atoms with Crippen LogP contribution in [0.4, 0.5) is 0 Å². The van der Waals surface area contributed by atoms with Gasteiger partial charge in [-0.25, -0.2) is 0 Å². The molecule has 0 aromatic heterocycles. The van der Waals surface area contributed by atoms with Gasteiger partial charge >= 0.3 is 5.97 Å². The number of esters is 1. The number of carbonyl (C=O) groups is 2. The number of rotatable bonds is 6. The number of benzene rings is 3. The van der Waals surface area contributed by atoms with Crippen LogP contribution in [0.3, 0.4) is 0 Å². The summed E-state index contributed by atoms with van der Waals surface area (Å²) in [5.74, 6) is -0.502. The highest BCUT2D eigenvalue weighted by molar-refractivity contribution is 6.00. The van der Waals surface area contributed by atoms with Crippen molar-refractivity contribution in [2.24, 2.45) is 5.92 Å². The van der Waals surface area contributed by atoms with Crippen molar-refractivity contribution in [3.8, 4) is 5.75 Å². The van der Waals surface area contributed by atoms with Crippen molar-refractivity contribution >= 4 is 11.8 Å². The Labute approximate surface area is 182 Å². The second-order valence-corrected chi connectivity index (χ2v) is 7.61. The van der Waals surface area contributed by atoms with Crippen LogP contribution in [-0.4, -0.2) is 32.0 Å². The van der Waals surface area contributed by atoms with E-state index in [1.165, 1.54) is 7.11 Å². The fourth-order valence-corrected chi connectivity index (χ4v) is 4.46. The molecule has 0 saturated carbocycles. The minimum absolute atomic E-state index is 0.00539. The molecule has 3 aromatic carbocycles. The van der Waals surface area contributed by atoms with E-state index in [0.29, 0.717) is 5.56 Å². The Morgan fingerprint density at radius 2 is 1.39 bits per heavy atom. The van der Waals surface area contributed by atoms with Gasteiger partial charge in [0.2, 0.25) is 0 Å². The van der Waals surface area contributed by atoms with E-state index in [1.54, 1.807) is 7.11 Å². The van der Waals surface area contributed by atoms with E-state index in [-0.39, 0.29) is 23.7 Å². The van der Waals surface area contributed by atoms with Crippen LogP contribution in [-0.2, 0) is 9.53 Å². The SMILES string of the molecule is COC(=O)[C@H]1N[C@@H](c2ccc(OC)cc2)[C@H](C(=O)c2ccccc2)[C@H]1c1ccccc1. The highest BCUT2D eigenvalue weighted by Crippen LogP contribution is 2.45. The lowest BCUT2D eigenvalue weighted by molar-refractivity contribution is -0.143. The van der Waals surface area contributed by atoms with E-state index in [0.717, 1.165) is 16.9 Å². The quantitative estimate of drug-likeness (QED) is 0.484. The molecule has 5 heteroatoms. The molecule has 1 N–H and O–H groups in total. The lowest BCUT2D eigenvalue weighted by atomic mass is 9.76. The third-order valence-corrected chi connectivity index (χ3v) is 5.94. The summed E-state index contributed by atoms with van der Waals surface area (Å²) >= 11 is 0. The van der Waals surface area contributed by atoms with E-state index in [2.05, 4.69) is 5.32 Å². The summed E-state index contributed by atoms with van der Waals surface area (Å²) < 4.78 is 10.4. The van der Waals surface area contributed by atoms with E-state index < -0.39 is 12.0 Å². The Morgan fingerprint density at radius 1 is 0.774 bits per heavy atom. The fraction of sp³-hybridized carbons (Fsp3) is 0.231. The van der Waals surface area contributed by atoms with Gasteiger partial charge in [0.15, 0.2) is 5.78 Å². The average molecular weight is 415 g/mol. The Bertz CT molecular complexity index is 1030. The van der Waals surface area contributed by atoms with Crippen LogP contribution in [0.25, 0.3) is 0 Å². The predicted octanol–water partition coefficient (Wildman–Crippen LogP) is 4.16. The van der Waals surface area contributed by atoms with Crippen LogP contribution < -0.4 is 10.1 Å². The lowest BCUT2D eigenvalue weighted by Gasteiger charge is -2.25. The molecule has 31 heavy (non-hydrogen) atoms. The summed E-state index contributed by atoms with van der Waals surface area (Å²) in [4.78, 5) is 26.5. The van der Waals surface area contributed by atoms with Crippen LogP contribution in [0.2, 0.25) is 0 Å². The summed E-state index contributed by atoms with van der Waals surface area (Å²) in [6.45, 7) is 0. The standard InChI is InChI=1S/C26H25NO4/c1-30-20-15-13-18(14-16-20)23-22(25(28)19-11-7-4-8-12-19)21(17-9-5-3-6-10-17)24(27-23)26(29)31-2/h3-16,21-24,27H,1-2H3/t21-,22-,23+,24+/m1/s1. The Morgan fingerprint density at radius 3 is 1.97 bits per heavy atom. The third kappa shape index (κ3) is 4.09. The number of Topliss-reactive ketones (excluding diaryl/α,β-unsaturated/α-hetero) is 1. The molecule has 1 aliphatic rings. The van der Waals surface area contributed by atoms with Gasteiger partial charge < -0.3 is 9.47 Å². The molecule has 0 bridgehead atoms. The maximum atomic E-state index is 13.8. The van der Waals surface area contributed by atoms with Crippen molar-refractivity contribution in [3.05, 3.63) is 102 Å². The van der Waals surface area contributed by atoms with Crippen LogP contribution in [0, 0.1) is 5.92 Å². The number of carbonyl (C=O) groups excluding carboxylic acids is 2. The van der Waals surface area contributed by atoms with Crippen LogP contribution >= 0.6 is 0 Å². The van der Waals surface area contributed by atoms with Gasteiger partial charge in [-0.15, -0.1) is 0 Å². The molecule has 0 spiro atoms. The molecule has 1 heterocycles. The zero-order valence-electron chi connectivity index (χ0n) is 17.5. The molecule has 0 amide bonds. The fourth-order valence-electron chi connectivity index (χ4n) is 4.46. The second-order valence-electron chi connectivity index (χ2n) is 7.61. The molecule has 1 saturated heterocycles. The molecule has 1 aliphatic heterocycles. The van der Waals surface area contributed by atoms with Gasteiger partial charge in [-0.05, 0) is 23.3 Å². The van der Waals surface area contributed by atoms with Gasteiger partial charge in [0, 0.05) is 17.5 Å². The zero-order chi connectivity index (χ0) is 21.8. The van der Waals surface area contributed by atoms with Crippen molar-refractivity contribution < 1.29 is 19.1 Å². The van der Waals surface area contributed by atoms with Gasteiger partial charge in [-0.1, -0.05) is 72.8 Å². The molecule has 0 radical (unpaired) electrons. The number of ether oxygens (including phenoxy) is 2. The number of hydrogen-bond donors (Lipinski definition) is 1. The number of ketones is 1. The maximum absolute atomic E-state index is 13.8. The van der Waals surface area contributed by atoms with Crippen molar-refractivity contribution in [2.45, 2.75) is 18.0 Å². The minimum Gasteiger partial charge on any atom is -0.497 e. The van der Waals surface area contributed by atoms with Crippen molar-refractivity contribution in [3.63, 3.8) is 0 Å². The van der Waals surface area contributed by atoms with E-state index in [4.69, 9.17) is 9.47 Å². The van der Waals surface area contributed by atoms with Crippen LogP contribution in [0.1, 0.15) is 33.4 Å². The normalized spacial score (nSPS) is 22.6. The van der Waals surface area contributed by atoms with E-state index in [9.17, 15) is 9.59 Å². The monoisotopic (exact) mass is 415 g/mol. The van der Waals surface area contributed by atoms with Crippen LogP contribution in [0.5, 0.6) is 5.75 Å². The molecule has 3 aromatic rings. The molecule has 0 aliphatic carbocycles. The highest BCUT2D eigenvalue weighted by atomic mass is 16.5. The first-order chi connectivity index (χ1) is 15.1. The Kier molecular flexibility index (Phi) is 6.14. The predicted molar refractivity (Wildman–Crippen MR) is 118 cm³/mol. The van der Waals surface area contributed by atoms with Gasteiger partial charge in [0.25, 0.3) is 0 Å². The number of nitrogens with one attached hydrogen (secondary N) is 1. The smallest absolute Gasteiger partial charge is 0.323 e. The van der Waals surface area contributed by atoms with Crippen molar-refractivity contribution in [2.75, 3.05) is 14.2 Å². The molecule has 5 nitrogen and oxygen atoms in total. The summed E-state index contributed by atoms with van der Waals surface area (Å²) in [5.41, 5.74) is 2.47. The van der Waals surface area contributed by atoms with Crippen molar-refractivity contribution in [1.82, 2.24) is 5.32 Å². The van der Waals surface area contributed by atoms with E-state index >= 15 is 0 Å². The molecule has 4 rings (SSSR count). The first-order valence-electron chi connectivity index (χ1n) is 10.3. The summed E-state index contributed by atoms with van der Waals surface area (Å²) in [7, 11) is 2.99. The average Bonchev–Trinajstić information content (AvgIpc) is 3.25. The van der Waals surface area contributed by atoms with Crippen molar-refractivity contribution in [1.29, 1.82) is 0 Å². The Balaban J connectivity index is 1.84. The molecular weight excluding hydrogens is 390 g/mol. The Hall–Kier alpha value is -3.44. The minimum atomic E-state index is -0.642. The molecule has 1 fully saturated rings. The molecular formula is C26H25NO4. The molecule has 4 atom stereocenters. The number of methoxy groups -OCH3 is 2. The molecule has 0 unspecified atom stereocenters.